The normalized spacial score (nSPS) is 11.6. The van der Waals surface area contributed by atoms with Crippen LogP contribution >= 0.6 is 0 Å². The fourth-order valence-electron chi connectivity index (χ4n) is 8.73. The van der Waals surface area contributed by atoms with Gasteiger partial charge in [0.25, 0.3) is 0 Å². The third-order valence-electron chi connectivity index (χ3n) is 11.3. The Bertz CT molecular complexity index is 3240. The van der Waals surface area contributed by atoms with Crippen molar-refractivity contribution in [3.05, 3.63) is 212 Å². The van der Waals surface area contributed by atoms with Crippen molar-refractivity contribution in [2.75, 3.05) is 0 Å². The van der Waals surface area contributed by atoms with Crippen LogP contribution in [0.5, 0.6) is 0 Å². The molecule has 0 amide bonds. The van der Waals surface area contributed by atoms with Gasteiger partial charge in [-0.25, -0.2) is 0 Å². The van der Waals surface area contributed by atoms with Crippen LogP contribution in [0.15, 0.2) is 212 Å². The minimum absolute atomic E-state index is 1.16. The Morgan fingerprint density at radius 3 is 1.38 bits per heavy atom. The van der Waals surface area contributed by atoms with Gasteiger partial charge < -0.3 is 4.57 Å². The smallest absolute Gasteiger partial charge is 0.0540 e. The van der Waals surface area contributed by atoms with Gasteiger partial charge in [-0.15, -0.1) is 0 Å². The summed E-state index contributed by atoms with van der Waals surface area (Å²) in [6, 6.07) is 77.9. The Hall–Kier alpha value is -7.22. The first-order chi connectivity index (χ1) is 27.3. The maximum Gasteiger partial charge on any atom is 0.0540 e. The van der Waals surface area contributed by atoms with Gasteiger partial charge in [-0.2, -0.15) is 0 Å². The van der Waals surface area contributed by atoms with Crippen molar-refractivity contribution in [1.82, 2.24) is 4.57 Å². The molecule has 1 heteroatoms. The molecule has 1 nitrogen and oxygen atoms in total. The van der Waals surface area contributed by atoms with Gasteiger partial charge in [-0.3, -0.25) is 0 Å². The molecule has 1 aromatic heterocycles. The topological polar surface area (TPSA) is 4.93 Å². The van der Waals surface area contributed by atoms with Crippen molar-refractivity contribution in [1.29, 1.82) is 0 Å². The van der Waals surface area contributed by atoms with Gasteiger partial charge in [0.15, 0.2) is 0 Å². The molecule has 0 spiro atoms. The highest BCUT2D eigenvalue weighted by Crippen LogP contribution is 2.46. The highest BCUT2D eigenvalue weighted by atomic mass is 15.0. The van der Waals surface area contributed by atoms with Crippen molar-refractivity contribution in [2.45, 2.75) is 0 Å². The van der Waals surface area contributed by atoms with Crippen LogP contribution in [0.25, 0.3) is 104 Å². The number of fused-ring (bicyclic) bond motifs is 5. The highest BCUT2D eigenvalue weighted by Gasteiger charge is 2.19. The van der Waals surface area contributed by atoms with Gasteiger partial charge in [0.2, 0.25) is 0 Å². The number of hydrogen-bond donors (Lipinski definition) is 0. The summed E-state index contributed by atoms with van der Waals surface area (Å²) >= 11 is 0. The van der Waals surface area contributed by atoms with E-state index in [9.17, 15) is 0 Å². The average Bonchev–Trinajstić information content (AvgIpc) is 3.65. The molecule has 0 saturated heterocycles. The fraction of sp³-hybridized carbons (Fsp3) is 0. The average molecular weight is 698 g/mol. The standard InChI is InChI=1S/C54H35N/c1-2-17-46(18-3-1)55-51-21-11-8-16-43(51)35-52(55)39-26-22-38(23-27-39)42-30-31-49-50(34-42)54(45-29-25-37-13-5-7-15-41(37)33-45)48-20-10-9-19-47(48)53(49)44-28-24-36-12-4-6-14-40(36)32-44/h1-35H. The van der Waals surface area contributed by atoms with Crippen molar-refractivity contribution < 1.29 is 0 Å². The minimum Gasteiger partial charge on any atom is -0.309 e. The molecule has 0 radical (unpaired) electrons. The van der Waals surface area contributed by atoms with E-state index in [2.05, 4.69) is 217 Å². The Morgan fingerprint density at radius 1 is 0.255 bits per heavy atom. The van der Waals surface area contributed by atoms with Crippen LogP contribution in [-0.2, 0) is 0 Å². The van der Waals surface area contributed by atoms with E-state index >= 15 is 0 Å². The van der Waals surface area contributed by atoms with E-state index in [4.69, 9.17) is 0 Å². The van der Waals surface area contributed by atoms with Crippen LogP contribution < -0.4 is 0 Å². The molecule has 0 saturated carbocycles. The summed E-state index contributed by atoms with van der Waals surface area (Å²) in [5.41, 5.74) is 12.1. The molecular weight excluding hydrogens is 663 g/mol. The molecule has 11 aromatic rings. The summed E-state index contributed by atoms with van der Waals surface area (Å²) in [6.07, 6.45) is 0. The second kappa shape index (κ2) is 12.7. The maximum atomic E-state index is 2.42. The van der Waals surface area contributed by atoms with Crippen LogP contribution in [0.3, 0.4) is 0 Å². The zero-order valence-corrected chi connectivity index (χ0v) is 30.2. The second-order valence-corrected chi connectivity index (χ2v) is 14.5. The molecule has 0 bridgehead atoms. The Labute approximate surface area is 320 Å². The number of rotatable bonds is 5. The van der Waals surface area contributed by atoms with E-state index in [0.717, 1.165) is 5.69 Å². The molecule has 11 rings (SSSR count). The van der Waals surface area contributed by atoms with E-state index in [1.165, 1.54) is 98.6 Å². The number of benzene rings is 10. The SMILES string of the molecule is c1ccc(-n2c(-c3ccc(-c4ccc5c(-c6ccc7ccccc7c6)c6ccccc6c(-c6ccc7ccccc7c6)c5c4)cc3)cc3ccccc32)cc1. The van der Waals surface area contributed by atoms with Crippen LogP contribution in [0.1, 0.15) is 0 Å². The van der Waals surface area contributed by atoms with Crippen molar-refractivity contribution in [3.8, 4) is 50.3 Å². The van der Waals surface area contributed by atoms with Gasteiger partial charge in [0, 0.05) is 11.1 Å². The first-order valence-corrected chi connectivity index (χ1v) is 19.0. The molecule has 0 N–H and O–H groups in total. The predicted molar refractivity (Wildman–Crippen MR) is 235 cm³/mol. The molecule has 256 valence electrons. The van der Waals surface area contributed by atoms with Crippen LogP contribution in [0, 0.1) is 0 Å². The van der Waals surface area contributed by atoms with E-state index in [-0.39, 0.29) is 0 Å². The predicted octanol–water partition coefficient (Wildman–Crippen LogP) is 14.9. The summed E-state index contributed by atoms with van der Waals surface area (Å²) in [5.74, 6) is 0. The fourth-order valence-corrected chi connectivity index (χ4v) is 8.73. The number of hydrogen-bond acceptors (Lipinski definition) is 0. The lowest BCUT2D eigenvalue weighted by Crippen LogP contribution is -1.96. The summed E-state index contributed by atoms with van der Waals surface area (Å²) < 4.78 is 2.37. The summed E-state index contributed by atoms with van der Waals surface area (Å²) in [5, 5.41) is 11.3. The summed E-state index contributed by atoms with van der Waals surface area (Å²) in [7, 11) is 0. The molecule has 1 heterocycles. The molecule has 55 heavy (non-hydrogen) atoms. The van der Waals surface area contributed by atoms with E-state index < -0.39 is 0 Å². The van der Waals surface area contributed by atoms with Gasteiger partial charge in [0.1, 0.15) is 0 Å². The quantitative estimate of drug-likeness (QED) is 0.158. The van der Waals surface area contributed by atoms with Gasteiger partial charge in [-0.1, -0.05) is 170 Å². The first kappa shape index (κ1) is 31.3. The lowest BCUT2D eigenvalue weighted by molar-refractivity contribution is 1.13. The molecule has 0 unspecified atom stereocenters. The van der Waals surface area contributed by atoms with Crippen molar-refractivity contribution in [2.24, 2.45) is 0 Å². The lowest BCUT2D eigenvalue weighted by atomic mass is 9.84. The van der Waals surface area contributed by atoms with Crippen molar-refractivity contribution in [3.63, 3.8) is 0 Å². The van der Waals surface area contributed by atoms with Gasteiger partial charge in [-0.05, 0) is 124 Å². The van der Waals surface area contributed by atoms with Gasteiger partial charge in [0.05, 0.1) is 11.2 Å². The van der Waals surface area contributed by atoms with Crippen LogP contribution in [-0.4, -0.2) is 4.57 Å². The maximum absolute atomic E-state index is 2.42. The molecule has 0 aliphatic heterocycles. The van der Waals surface area contributed by atoms with Crippen LogP contribution in [0.2, 0.25) is 0 Å². The molecule has 0 aliphatic carbocycles. The number of aromatic nitrogens is 1. The Morgan fingerprint density at radius 2 is 0.727 bits per heavy atom. The van der Waals surface area contributed by atoms with E-state index in [1.807, 2.05) is 0 Å². The summed E-state index contributed by atoms with van der Waals surface area (Å²) in [6.45, 7) is 0. The molecule has 0 atom stereocenters. The van der Waals surface area contributed by atoms with E-state index in [1.54, 1.807) is 0 Å². The zero-order valence-electron chi connectivity index (χ0n) is 30.2. The Balaban J connectivity index is 1.12. The largest absolute Gasteiger partial charge is 0.309 e. The zero-order chi connectivity index (χ0) is 36.3. The highest BCUT2D eigenvalue weighted by molar-refractivity contribution is 6.22. The first-order valence-electron chi connectivity index (χ1n) is 19.0. The van der Waals surface area contributed by atoms with Crippen LogP contribution in [0.4, 0.5) is 0 Å². The molecule has 10 aromatic carbocycles. The van der Waals surface area contributed by atoms with Gasteiger partial charge >= 0.3 is 0 Å². The van der Waals surface area contributed by atoms with Crippen molar-refractivity contribution >= 4 is 54.0 Å². The number of nitrogens with zero attached hydrogens (tertiary/aromatic N) is 1. The number of para-hydroxylation sites is 2. The summed E-state index contributed by atoms with van der Waals surface area (Å²) in [4.78, 5) is 0. The molecule has 0 aliphatic rings. The second-order valence-electron chi connectivity index (χ2n) is 14.5. The molecule has 0 fully saturated rings. The minimum atomic E-state index is 1.16. The third kappa shape index (κ3) is 5.24. The molecular formula is C54H35N. The monoisotopic (exact) mass is 697 g/mol. The third-order valence-corrected chi connectivity index (χ3v) is 11.3. The lowest BCUT2D eigenvalue weighted by Gasteiger charge is -2.19. The van der Waals surface area contributed by atoms with E-state index in [0.29, 0.717) is 0 Å². The Kier molecular flexibility index (Phi) is 7.25.